The van der Waals surface area contributed by atoms with Crippen LogP contribution in [-0.2, 0) is 11.3 Å². The molecule has 3 aromatic rings. The van der Waals surface area contributed by atoms with Crippen LogP contribution in [0.1, 0.15) is 30.9 Å². The topological polar surface area (TPSA) is 112 Å². The lowest BCUT2D eigenvalue weighted by atomic mass is 9.65. The number of pyridine rings is 1. The van der Waals surface area contributed by atoms with E-state index in [0.717, 1.165) is 43.7 Å². The van der Waals surface area contributed by atoms with E-state index < -0.39 is 0 Å². The lowest BCUT2D eigenvalue weighted by Crippen LogP contribution is -2.42. The Bertz CT molecular complexity index is 1170. The van der Waals surface area contributed by atoms with Crippen LogP contribution in [0.4, 0.5) is 5.82 Å². The van der Waals surface area contributed by atoms with Crippen LogP contribution in [0.15, 0.2) is 61.3 Å². The van der Waals surface area contributed by atoms with Crippen molar-refractivity contribution < 1.29 is 9.53 Å². The molecule has 1 spiro atoms. The van der Waals surface area contributed by atoms with E-state index in [-0.39, 0.29) is 23.9 Å². The summed E-state index contributed by atoms with van der Waals surface area (Å²) in [6.45, 7) is 5.44. The molecule has 2 aromatic heterocycles. The monoisotopic (exact) mass is 444 g/mol. The zero-order chi connectivity index (χ0) is 23.0. The van der Waals surface area contributed by atoms with E-state index in [4.69, 9.17) is 21.3 Å². The van der Waals surface area contributed by atoms with Gasteiger partial charge in [-0.2, -0.15) is 5.10 Å². The third-order valence-electron chi connectivity index (χ3n) is 6.82. The van der Waals surface area contributed by atoms with Crippen LogP contribution in [0, 0.1) is 5.41 Å². The summed E-state index contributed by atoms with van der Waals surface area (Å²) in [5.74, 6) is 2.00. The number of ether oxygens (including phenoxy) is 1. The predicted molar refractivity (Wildman–Crippen MR) is 126 cm³/mol. The first-order chi connectivity index (χ1) is 16.0. The van der Waals surface area contributed by atoms with Gasteiger partial charge in [0.1, 0.15) is 23.0 Å². The van der Waals surface area contributed by atoms with Crippen LogP contribution >= 0.6 is 0 Å². The number of likely N-dealkylation sites (tertiary alicyclic amines) is 1. The van der Waals surface area contributed by atoms with Crippen molar-refractivity contribution in [1.82, 2.24) is 19.7 Å². The van der Waals surface area contributed by atoms with Crippen molar-refractivity contribution >= 4 is 11.7 Å². The van der Waals surface area contributed by atoms with Crippen LogP contribution in [0.3, 0.4) is 0 Å². The molecule has 33 heavy (non-hydrogen) atoms. The van der Waals surface area contributed by atoms with Gasteiger partial charge in [-0.1, -0.05) is 24.8 Å². The number of rotatable bonds is 6. The highest BCUT2D eigenvalue weighted by molar-refractivity contribution is 5.87. The molecule has 1 saturated heterocycles. The van der Waals surface area contributed by atoms with Crippen LogP contribution in [0.5, 0.6) is 11.5 Å². The first kappa shape index (κ1) is 21.2. The maximum absolute atomic E-state index is 12.0. The quantitative estimate of drug-likeness (QED) is 0.563. The summed E-state index contributed by atoms with van der Waals surface area (Å²) in [6.07, 6.45) is 5.97. The predicted octanol–water partition coefficient (Wildman–Crippen LogP) is 3.52. The Morgan fingerprint density at radius 3 is 2.67 bits per heavy atom. The van der Waals surface area contributed by atoms with Crippen LogP contribution < -0.4 is 16.2 Å². The van der Waals surface area contributed by atoms with E-state index in [2.05, 4.69) is 11.6 Å². The largest absolute Gasteiger partial charge is 0.456 e. The molecule has 3 heterocycles. The maximum atomic E-state index is 12.0. The van der Waals surface area contributed by atoms with E-state index in [1.165, 1.54) is 6.08 Å². The molecular formula is C25H28N6O2. The van der Waals surface area contributed by atoms with Crippen LogP contribution in [0.25, 0.3) is 11.4 Å². The standard InChI is InChI=1S/C25H28N6O2/c1-2-22(32)30-11-10-25(16-30)12-17(13-25)31-24(27)20(14-26)23(29-31)21-9-8-19(15-28-21)33-18-6-4-3-5-7-18/h2-9,15,17H,1,10-14,16,26-27H2/t17-,25+. The molecule has 170 valence electrons. The summed E-state index contributed by atoms with van der Waals surface area (Å²) in [5.41, 5.74) is 14.9. The highest BCUT2D eigenvalue weighted by Gasteiger charge is 2.50. The summed E-state index contributed by atoms with van der Waals surface area (Å²) in [7, 11) is 0. The Morgan fingerprint density at radius 2 is 2.00 bits per heavy atom. The minimum absolute atomic E-state index is 0.00685. The third kappa shape index (κ3) is 3.87. The van der Waals surface area contributed by atoms with Gasteiger partial charge in [0.15, 0.2) is 0 Å². The molecule has 8 heteroatoms. The highest BCUT2D eigenvalue weighted by atomic mass is 16.5. The van der Waals surface area contributed by atoms with E-state index >= 15 is 0 Å². The molecule has 1 aliphatic heterocycles. The molecule has 1 saturated carbocycles. The summed E-state index contributed by atoms with van der Waals surface area (Å²) in [6, 6.07) is 13.5. The number of nitrogens with zero attached hydrogens (tertiary/aromatic N) is 4. The first-order valence-electron chi connectivity index (χ1n) is 11.2. The summed E-state index contributed by atoms with van der Waals surface area (Å²) in [5, 5.41) is 4.82. The molecule has 1 aliphatic carbocycles. The minimum atomic E-state index is 0.00685. The number of carbonyl (C=O) groups is 1. The van der Waals surface area contributed by atoms with E-state index in [0.29, 0.717) is 23.0 Å². The fourth-order valence-electron chi connectivity index (χ4n) is 5.07. The fraction of sp³-hybridized carbons (Fsp3) is 0.320. The number of hydrogen-bond donors (Lipinski definition) is 2. The van der Waals surface area contributed by atoms with Gasteiger partial charge < -0.3 is 21.1 Å². The second kappa shape index (κ2) is 8.37. The second-order valence-electron chi connectivity index (χ2n) is 8.93. The van der Waals surface area contributed by atoms with Gasteiger partial charge >= 0.3 is 0 Å². The first-order valence-corrected chi connectivity index (χ1v) is 11.2. The summed E-state index contributed by atoms with van der Waals surface area (Å²) >= 11 is 0. The molecule has 0 radical (unpaired) electrons. The Hall–Kier alpha value is -3.65. The highest BCUT2D eigenvalue weighted by Crippen LogP contribution is 2.54. The Morgan fingerprint density at radius 1 is 1.21 bits per heavy atom. The van der Waals surface area contributed by atoms with E-state index in [9.17, 15) is 4.79 Å². The van der Waals surface area contributed by atoms with Crippen molar-refractivity contribution in [3.05, 3.63) is 66.9 Å². The number of carbonyl (C=O) groups excluding carboxylic acids is 1. The van der Waals surface area contributed by atoms with Gasteiger partial charge in [-0.15, -0.1) is 0 Å². The average molecular weight is 445 g/mol. The number of hydrogen-bond acceptors (Lipinski definition) is 6. The molecule has 0 atom stereocenters. The molecular weight excluding hydrogens is 416 g/mol. The van der Waals surface area contributed by atoms with Gasteiger partial charge in [0.25, 0.3) is 0 Å². The molecule has 1 amide bonds. The number of nitrogen functional groups attached to an aromatic ring is 1. The number of anilines is 1. The maximum Gasteiger partial charge on any atom is 0.245 e. The van der Waals surface area contributed by atoms with Crippen molar-refractivity contribution in [3.8, 4) is 22.9 Å². The number of aromatic nitrogens is 3. The van der Waals surface area contributed by atoms with Gasteiger partial charge in [0, 0.05) is 25.2 Å². The van der Waals surface area contributed by atoms with Gasteiger partial charge in [0.05, 0.1) is 17.9 Å². The van der Waals surface area contributed by atoms with E-state index in [1.807, 2.05) is 52.0 Å². The van der Waals surface area contributed by atoms with Crippen molar-refractivity contribution in [1.29, 1.82) is 0 Å². The fourth-order valence-corrected chi connectivity index (χ4v) is 5.07. The van der Waals surface area contributed by atoms with Gasteiger partial charge in [0.2, 0.25) is 5.91 Å². The second-order valence-corrected chi connectivity index (χ2v) is 8.93. The van der Waals surface area contributed by atoms with Crippen molar-refractivity contribution in [2.75, 3.05) is 18.8 Å². The van der Waals surface area contributed by atoms with Crippen LogP contribution in [-0.4, -0.2) is 38.7 Å². The Balaban J connectivity index is 1.32. The van der Waals surface area contributed by atoms with Crippen molar-refractivity contribution in [3.63, 3.8) is 0 Å². The summed E-state index contributed by atoms with van der Waals surface area (Å²) in [4.78, 5) is 18.4. The smallest absolute Gasteiger partial charge is 0.245 e. The molecule has 8 nitrogen and oxygen atoms in total. The molecule has 0 bridgehead atoms. The normalized spacial score (nSPS) is 21.7. The molecule has 4 N–H and O–H groups in total. The Kier molecular flexibility index (Phi) is 5.38. The van der Waals surface area contributed by atoms with Crippen molar-refractivity contribution in [2.24, 2.45) is 11.1 Å². The number of amides is 1. The lowest BCUT2D eigenvalue weighted by molar-refractivity contribution is -0.125. The lowest BCUT2D eigenvalue weighted by Gasteiger charge is -2.45. The third-order valence-corrected chi connectivity index (χ3v) is 6.82. The number of benzene rings is 1. The molecule has 2 fully saturated rings. The van der Waals surface area contributed by atoms with Gasteiger partial charge in [-0.05, 0) is 55.0 Å². The van der Waals surface area contributed by atoms with Gasteiger partial charge in [-0.3, -0.25) is 9.78 Å². The van der Waals surface area contributed by atoms with Crippen molar-refractivity contribution in [2.45, 2.75) is 31.8 Å². The zero-order valence-corrected chi connectivity index (χ0v) is 18.5. The van der Waals surface area contributed by atoms with Crippen LogP contribution in [0.2, 0.25) is 0 Å². The molecule has 2 aliphatic rings. The molecule has 1 aromatic carbocycles. The molecule has 5 rings (SSSR count). The average Bonchev–Trinajstić information content (AvgIpc) is 3.40. The number of nitrogens with two attached hydrogens (primary N) is 2. The zero-order valence-electron chi connectivity index (χ0n) is 18.5. The van der Waals surface area contributed by atoms with E-state index in [1.54, 1.807) is 6.20 Å². The molecule has 0 unspecified atom stereocenters. The minimum Gasteiger partial charge on any atom is -0.456 e. The SMILES string of the molecule is C=CC(=O)N1CC[C@]2(C1)C[C@@H](n1nc(-c3ccc(Oc4ccccc4)cn3)c(CN)c1N)C2. The summed E-state index contributed by atoms with van der Waals surface area (Å²) < 4.78 is 7.73. The number of para-hydroxylation sites is 1. The van der Waals surface area contributed by atoms with Gasteiger partial charge in [-0.25, -0.2) is 4.68 Å². The Labute approximate surface area is 192 Å².